The molecule has 16 heavy (non-hydrogen) atoms. The van der Waals surface area contributed by atoms with Crippen molar-refractivity contribution in [2.45, 2.75) is 32.2 Å². The highest BCUT2D eigenvalue weighted by Crippen LogP contribution is 2.24. The number of hydrogen-bond acceptors (Lipinski definition) is 3. The van der Waals surface area contributed by atoms with Gasteiger partial charge >= 0.3 is 0 Å². The van der Waals surface area contributed by atoms with Crippen LogP contribution in [0, 0.1) is 0 Å². The van der Waals surface area contributed by atoms with Crippen LogP contribution < -0.4 is 15.2 Å². The molecule has 0 spiro atoms. The normalized spacial score (nSPS) is 11.3. The van der Waals surface area contributed by atoms with Crippen LogP contribution in [0.5, 0.6) is 11.5 Å². The maximum absolute atomic E-state index is 5.96. The fraction of sp³-hybridized carbons (Fsp3) is 0.538. The Morgan fingerprint density at radius 1 is 1.06 bits per heavy atom. The second kappa shape index (κ2) is 5.21. The van der Waals surface area contributed by atoms with Gasteiger partial charge in [-0.05, 0) is 44.4 Å². The van der Waals surface area contributed by atoms with Crippen molar-refractivity contribution in [3.8, 4) is 11.5 Å². The lowest BCUT2D eigenvalue weighted by atomic mass is 9.96. The highest BCUT2D eigenvalue weighted by atomic mass is 16.5. The van der Waals surface area contributed by atoms with Crippen molar-refractivity contribution in [1.29, 1.82) is 0 Å². The number of ether oxygens (including phenoxy) is 2. The Morgan fingerprint density at radius 3 is 1.94 bits per heavy atom. The van der Waals surface area contributed by atoms with Crippen LogP contribution in [0.25, 0.3) is 0 Å². The second-order valence-corrected chi connectivity index (χ2v) is 4.71. The first-order chi connectivity index (χ1) is 7.44. The molecule has 3 heteroatoms. The first-order valence-corrected chi connectivity index (χ1v) is 5.45. The van der Waals surface area contributed by atoms with Gasteiger partial charge in [-0.3, -0.25) is 0 Å². The molecule has 0 aliphatic rings. The molecule has 0 aliphatic carbocycles. The summed E-state index contributed by atoms with van der Waals surface area (Å²) in [6.45, 7) is 4.06. The van der Waals surface area contributed by atoms with Crippen molar-refractivity contribution in [3.63, 3.8) is 0 Å². The van der Waals surface area contributed by atoms with Crippen LogP contribution in [0.15, 0.2) is 18.2 Å². The predicted molar refractivity (Wildman–Crippen MR) is 66.1 cm³/mol. The van der Waals surface area contributed by atoms with Gasteiger partial charge in [0.05, 0.1) is 14.2 Å². The molecule has 3 nitrogen and oxygen atoms in total. The summed E-state index contributed by atoms with van der Waals surface area (Å²) in [5.41, 5.74) is 7.01. The largest absolute Gasteiger partial charge is 0.497 e. The molecule has 0 aliphatic heterocycles. The maximum atomic E-state index is 5.96. The van der Waals surface area contributed by atoms with Gasteiger partial charge in [0.1, 0.15) is 11.5 Å². The minimum atomic E-state index is -0.143. The lowest BCUT2D eigenvalue weighted by Gasteiger charge is -2.18. The van der Waals surface area contributed by atoms with Crippen molar-refractivity contribution >= 4 is 0 Å². The van der Waals surface area contributed by atoms with E-state index in [2.05, 4.69) is 0 Å². The summed E-state index contributed by atoms with van der Waals surface area (Å²) in [4.78, 5) is 0. The topological polar surface area (TPSA) is 44.5 Å². The highest BCUT2D eigenvalue weighted by Gasteiger charge is 2.11. The molecule has 0 radical (unpaired) electrons. The van der Waals surface area contributed by atoms with Crippen LogP contribution in [-0.4, -0.2) is 19.8 Å². The van der Waals surface area contributed by atoms with Gasteiger partial charge in [-0.15, -0.1) is 0 Å². The summed E-state index contributed by atoms with van der Waals surface area (Å²) in [5, 5.41) is 0. The maximum Gasteiger partial charge on any atom is 0.122 e. The van der Waals surface area contributed by atoms with E-state index in [1.54, 1.807) is 14.2 Å². The minimum absolute atomic E-state index is 0.143. The lowest BCUT2D eigenvalue weighted by Crippen LogP contribution is -2.32. The molecule has 0 aromatic heterocycles. The van der Waals surface area contributed by atoms with Gasteiger partial charge in [0.2, 0.25) is 0 Å². The zero-order valence-electron chi connectivity index (χ0n) is 10.5. The zero-order valence-corrected chi connectivity index (χ0v) is 10.5. The highest BCUT2D eigenvalue weighted by molar-refractivity contribution is 5.38. The lowest BCUT2D eigenvalue weighted by molar-refractivity contribution is 0.392. The molecule has 0 heterocycles. The van der Waals surface area contributed by atoms with Crippen molar-refractivity contribution in [3.05, 3.63) is 23.8 Å². The van der Waals surface area contributed by atoms with Gasteiger partial charge in [0.25, 0.3) is 0 Å². The molecular weight excluding hydrogens is 202 g/mol. The Labute approximate surface area is 97.6 Å². The van der Waals surface area contributed by atoms with E-state index in [4.69, 9.17) is 15.2 Å². The van der Waals surface area contributed by atoms with Gasteiger partial charge < -0.3 is 15.2 Å². The van der Waals surface area contributed by atoms with E-state index in [0.29, 0.717) is 0 Å². The molecule has 0 amide bonds. The summed E-state index contributed by atoms with van der Waals surface area (Å²) in [6, 6.07) is 5.92. The number of nitrogens with two attached hydrogens (primary N) is 1. The molecule has 1 aromatic rings. The fourth-order valence-electron chi connectivity index (χ4n) is 1.48. The Hall–Kier alpha value is -1.22. The number of aryl methyl sites for hydroxylation is 1. The van der Waals surface area contributed by atoms with E-state index in [1.807, 2.05) is 32.0 Å². The smallest absolute Gasteiger partial charge is 0.122 e. The van der Waals surface area contributed by atoms with Crippen molar-refractivity contribution in [2.75, 3.05) is 14.2 Å². The molecule has 0 saturated carbocycles. The first-order valence-electron chi connectivity index (χ1n) is 5.45. The van der Waals surface area contributed by atoms with E-state index >= 15 is 0 Å². The molecule has 2 N–H and O–H groups in total. The zero-order chi connectivity index (χ0) is 12.2. The second-order valence-electron chi connectivity index (χ2n) is 4.71. The third-order valence-electron chi connectivity index (χ3n) is 2.47. The molecule has 0 unspecified atom stereocenters. The van der Waals surface area contributed by atoms with Crippen LogP contribution in [0.2, 0.25) is 0 Å². The number of methoxy groups -OCH3 is 2. The van der Waals surface area contributed by atoms with Crippen molar-refractivity contribution < 1.29 is 9.47 Å². The van der Waals surface area contributed by atoms with Crippen molar-refractivity contribution in [1.82, 2.24) is 0 Å². The molecule has 0 fully saturated rings. The third-order valence-corrected chi connectivity index (χ3v) is 2.47. The van der Waals surface area contributed by atoms with E-state index in [9.17, 15) is 0 Å². The van der Waals surface area contributed by atoms with E-state index < -0.39 is 0 Å². The van der Waals surface area contributed by atoms with Crippen LogP contribution in [0.1, 0.15) is 25.8 Å². The monoisotopic (exact) mass is 223 g/mol. The van der Waals surface area contributed by atoms with Crippen molar-refractivity contribution in [2.24, 2.45) is 5.73 Å². The summed E-state index contributed by atoms with van der Waals surface area (Å²) in [7, 11) is 3.32. The summed E-state index contributed by atoms with van der Waals surface area (Å²) in [5.74, 6) is 1.65. The average Bonchev–Trinajstić information content (AvgIpc) is 2.25. The van der Waals surface area contributed by atoms with E-state index in [-0.39, 0.29) is 5.54 Å². The van der Waals surface area contributed by atoms with Gasteiger partial charge in [-0.25, -0.2) is 0 Å². The third kappa shape index (κ3) is 4.11. The molecular formula is C13H21NO2. The van der Waals surface area contributed by atoms with Crippen LogP contribution in [0.4, 0.5) is 0 Å². The molecule has 1 aromatic carbocycles. The molecule has 0 bridgehead atoms. The molecule has 0 saturated heterocycles. The standard InChI is InChI=1S/C13H21NO2/c1-13(2,14)6-5-10-7-11(15-3)9-12(8-10)16-4/h7-9H,5-6,14H2,1-4H3. The Morgan fingerprint density at radius 2 is 1.56 bits per heavy atom. The molecule has 0 atom stereocenters. The summed E-state index contributed by atoms with van der Waals surface area (Å²) in [6.07, 6.45) is 1.86. The number of rotatable bonds is 5. The Kier molecular flexibility index (Phi) is 4.19. The predicted octanol–water partition coefficient (Wildman–Crippen LogP) is 2.37. The molecule has 1 rings (SSSR count). The first kappa shape index (κ1) is 12.8. The van der Waals surface area contributed by atoms with Gasteiger partial charge in [0, 0.05) is 11.6 Å². The van der Waals surface area contributed by atoms with Crippen LogP contribution >= 0.6 is 0 Å². The molecule has 90 valence electrons. The minimum Gasteiger partial charge on any atom is -0.497 e. The number of benzene rings is 1. The summed E-state index contributed by atoms with van der Waals surface area (Å²) >= 11 is 0. The van der Waals surface area contributed by atoms with Crippen LogP contribution in [0.3, 0.4) is 0 Å². The van der Waals surface area contributed by atoms with Gasteiger partial charge in [-0.1, -0.05) is 0 Å². The Bertz CT molecular complexity index is 320. The number of hydrogen-bond donors (Lipinski definition) is 1. The van der Waals surface area contributed by atoms with Gasteiger partial charge in [0.15, 0.2) is 0 Å². The average molecular weight is 223 g/mol. The van der Waals surface area contributed by atoms with Crippen LogP contribution in [-0.2, 0) is 6.42 Å². The van der Waals surface area contributed by atoms with E-state index in [1.165, 1.54) is 5.56 Å². The fourth-order valence-corrected chi connectivity index (χ4v) is 1.48. The van der Waals surface area contributed by atoms with Gasteiger partial charge in [-0.2, -0.15) is 0 Å². The summed E-state index contributed by atoms with van der Waals surface area (Å²) < 4.78 is 10.4. The van der Waals surface area contributed by atoms with E-state index in [0.717, 1.165) is 24.3 Å². The Balaban J connectivity index is 2.79. The quantitative estimate of drug-likeness (QED) is 0.833. The SMILES string of the molecule is COc1cc(CCC(C)(C)N)cc(OC)c1.